The number of fused-ring (bicyclic) bond motifs is 1. The quantitative estimate of drug-likeness (QED) is 0.783. The Balaban J connectivity index is 1.69. The molecule has 1 atom stereocenters. The van der Waals surface area contributed by atoms with E-state index in [2.05, 4.69) is 4.98 Å². The summed E-state index contributed by atoms with van der Waals surface area (Å²) in [5.74, 6) is -0.525. The Morgan fingerprint density at radius 3 is 2.60 bits per heavy atom. The summed E-state index contributed by atoms with van der Waals surface area (Å²) in [5, 5.41) is 10.7. The molecule has 0 radical (unpaired) electrons. The highest BCUT2D eigenvalue weighted by molar-refractivity contribution is 5.81. The summed E-state index contributed by atoms with van der Waals surface area (Å²) in [6, 6.07) is 13.6. The molecule has 0 aliphatic carbocycles. The van der Waals surface area contributed by atoms with Crippen molar-refractivity contribution in [1.82, 2.24) is 4.98 Å². The number of aliphatic hydroxyl groups excluding tert-OH is 1. The highest BCUT2D eigenvalue weighted by Gasteiger charge is 2.30. The number of rotatable bonds is 3. The first kappa shape index (κ1) is 16.0. The van der Waals surface area contributed by atoms with Crippen LogP contribution in [0.1, 0.15) is 23.5 Å². The molecule has 3 aromatic rings. The summed E-state index contributed by atoms with van der Waals surface area (Å²) in [7, 11) is 0. The van der Waals surface area contributed by atoms with E-state index in [1.165, 1.54) is 18.2 Å². The number of anilines is 1. The molecular weight excluding hydrogens is 322 g/mol. The first-order chi connectivity index (χ1) is 12.2. The molecular formula is C20H18F2N2O. The van der Waals surface area contributed by atoms with E-state index in [1.54, 1.807) is 0 Å². The van der Waals surface area contributed by atoms with Gasteiger partial charge in [0, 0.05) is 35.5 Å². The zero-order chi connectivity index (χ0) is 17.4. The van der Waals surface area contributed by atoms with Crippen molar-refractivity contribution in [3.8, 4) is 0 Å². The summed E-state index contributed by atoms with van der Waals surface area (Å²) >= 11 is 0. The second-order valence-corrected chi connectivity index (χ2v) is 6.39. The smallest absolute Gasteiger partial charge is 0.134 e. The zero-order valence-electron chi connectivity index (χ0n) is 13.6. The van der Waals surface area contributed by atoms with Crippen LogP contribution in [0.15, 0.2) is 48.5 Å². The van der Waals surface area contributed by atoms with Gasteiger partial charge in [-0.05, 0) is 30.7 Å². The second-order valence-electron chi connectivity index (χ2n) is 6.39. The summed E-state index contributed by atoms with van der Waals surface area (Å²) in [6.07, 6.45) is 0.650. The van der Waals surface area contributed by atoms with Crippen LogP contribution in [0.2, 0.25) is 0 Å². The summed E-state index contributed by atoms with van der Waals surface area (Å²) in [4.78, 5) is 6.69. The molecule has 2 aromatic carbocycles. The number of pyridine rings is 1. The lowest BCUT2D eigenvalue weighted by molar-refractivity contribution is 0.282. The molecule has 1 aliphatic heterocycles. The average Bonchev–Trinajstić information content (AvgIpc) is 3.10. The maximum absolute atomic E-state index is 14.1. The normalized spacial score (nSPS) is 17.4. The monoisotopic (exact) mass is 340 g/mol. The predicted molar refractivity (Wildman–Crippen MR) is 93.6 cm³/mol. The van der Waals surface area contributed by atoms with Crippen LogP contribution < -0.4 is 4.90 Å². The molecule has 1 fully saturated rings. The average molecular weight is 340 g/mol. The van der Waals surface area contributed by atoms with Gasteiger partial charge >= 0.3 is 0 Å². The van der Waals surface area contributed by atoms with E-state index in [1.807, 2.05) is 35.2 Å². The second kappa shape index (κ2) is 6.41. The van der Waals surface area contributed by atoms with Crippen LogP contribution in [-0.4, -0.2) is 23.2 Å². The molecule has 0 bridgehead atoms. The van der Waals surface area contributed by atoms with Gasteiger partial charge in [0.15, 0.2) is 0 Å². The minimum atomic E-state index is -0.499. The van der Waals surface area contributed by atoms with Gasteiger partial charge < -0.3 is 10.0 Å². The van der Waals surface area contributed by atoms with Gasteiger partial charge in [-0.3, -0.25) is 0 Å². The van der Waals surface area contributed by atoms with Crippen LogP contribution in [0.5, 0.6) is 0 Å². The molecule has 1 aromatic heterocycles. The molecule has 4 rings (SSSR count). The first-order valence-corrected chi connectivity index (χ1v) is 8.35. The molecule has 0 amide bonds. The van der Waals surface area contributed by atoms with Crippen molar-refractivity contribution in [2.24, 2.45) is 0 Å². The van der Waals surface area contributed by atoms with Gasteiger partial charge in [-0.15, -0.1) is 0 Å². The third-order valence-corrected chi connectivity index (χ3v) is 4.85. The molecule has 25 heavy (non-hydrogen) atoms. The van der Waals surface area contributed by atoms with Gasteiger partial charge in [0.1, 0.15) is 17.5 Å². The number of hydrogen-bond donors (Lipinski definition) is 1. The molecule has 2 heterocycles. The van der Waals surface area contributed by atoms with Crippen molar-refractivity contribution in [2.45, 2.75) is 18.9 Å². The number of aromatic nitrogens is 1. The zero-order valence-corrected chi connectivity index (χ0v) is 13.6. The Labute approximate surface area is 144 Å². The van der Waals surface area contributed by atoms with Gasteiger partial charge in [-0.25, -0.2) is 13.8 Å². The fraction of sp³-hybridized carbons (Fsp3) is 0.250. The van der Waals surface area contributed by atoms with E-state index in [0.717, 1.165) is 16.5 Å². The molecule has 0 saturated carbocycles. The summed E-state index contributed by atoms with van der Waals surface area (Å²) in [5.41, 5.74) is 1.72. The highest BCUT2D eigenvalue weighted by atomic mass is 19.1. The SMILES string of the molecule is OCc1cc2ccccc2nc1N1CCC(c2c(F)cccc2F)C1. The van der Waals surface area contributed by atoms with Crippen molar-refractivity contribution >= 4 is 16.7 Å². The van der Waals surface area contributed by atoms with Crippen LogP contribution >= 0.6 is 0 Å². The Kier molecular flexibility index (Phi) is 4.09. The maximum Gasteiger partial charge on any atom is 0.134 e. The van der Waals surface area contributed by atoms with Crippen LogP contribution in [0, 0.1) is 11.6 Å². The minimum absolute atomic E-state index is 0.123. The summed E-state index contributed by atoms with van der Waals surface area (Å²) in [6.45, 7) is 1.01. The predicted octanol–water partition coefficient (Wildman–Crippen LogP) is 4.00. The van der Waals surface area contributed by atoms with E-state index in [0.29, 0.717) is 25.3 Å². The number of hydrogen-bond acceptors (Lipinski definition) is 3. The Bertz CT molecular complexity index is 908. The van der Waals surface area contributed by atoms with Crippen molar-refractivity contribution in [3.05, 3.63) is 71.3 Å². The van der Waals surface area contributed by atoms with E-state index < -0.39 is 11.6 Å². The number of aliphatic hydroxyl groups is 1. The first-order valence-electron chi connectivity index (χ1n) is 8.35. The van der Waals surface area contributed by atoms with Gasteiger partial charge in [0.05, 0.1) is 12.1 Å². The van der Waals surface area contributed by atoms with Gasteiger partial charge in [-0.1, -0.05) is 24.3 Å². The van der Waals surface area contributed by atoms with E-state index in [4.69, 9.17) is 0 Å². The molecule has 3 nitrogen and oxygen atoms in total. The van der Waals surface area contributed by atoms with Crippen molar-refractivity contribution in [1.29, 1.82) is 0 Å². The van der Waals surface area contributed by atoms with Gasteiger partial charge in [0.25, 0.3) is 0 Å². The molecule has 1 unspecified atom stereocenters. The lowest BCUT2D eigenvalue weighted by Gasteiger charge is -2.21. The molecule has 1 saturated heterocycles. The molecule has 1 N–H and O–H groups in total. The molecule has 128 valence electrons. The maximum atomic E-state index is 14.1. The van der Waals surface area contributed by atoms with Gasteiger partial charge in [-0.2, -0.15) is 0 Å². The fourth-order valence-corrected chi connectivity index (χ4v) is 3.63. The van der Waals surface area contributed by atoms with Crippen LogP contribution in [0.3, 0.4) is 0 Å². The van der Waals surface area contributed by atoms with Crippen LogP contribution in [0.25, 0.3) is 10.9 Å². The van der Waals surface area contributed by atoms with Gasteiger partial charge in [0.2, 0.25) is 0 Å². The fourth-order valence-electron chi connectivity index (χ4n) is 3.63. The molecule has 1 aliphatic rings. The highest BCUT2D eigenvalue weighted by Crippen LogP contribution is 2.35. The van der Waals surface area contributed by atoms with E-state index in [-0.39, 0.29) is 18.1 Å². The van der Waals surface area contributed by atoms with Crippen LogP contribution in [-0.2, 0) is 6.61 Å². The Morgan fingerprint density at radius 1 is 1.08 bits per heavy atom. The lowest BCUT2D eigenvalue weighted by Crippen LogP contribution is -2.22. The number of halogens is 2. The Hall–Kier alpha value is -2.53. The third kappa shape index (κ3) is 2.85. The van der Waals surface area contributed by atoms with Crippen LogP contribution in [0.4, 0.5) is 14.6 Å². The topological polar surface area (TPSA) is 36.4 Å². The number of para-hydroxylation sites is 1. The van der Waals surface area contributed by atoms with Crippen molar-refractivity contribution < 1.29 is 13.9 Å². The van der Waals surface area contributed by atoms with Crippen molar-refractivity contribution in [3.63, 3.8) is 0 Å². The lowest BCUT2D eigenvalue weighted by atomic mass is 9.97. The third-order valence-electron chi connectivity index (χ3n) is 4.85. The largest absolute Gasteiger partial charge is 0.392 e. The molecule has 0 spiro atoms. The standard InChI is InChI=1S/C20H18F2N2O/c21-16-5-3-6-17(22)19(16)14-8-9-24(11-14)20-15(12-25)10-13-4-1-2-7-18(13)23-20/h1-7,10,14,25H,8-9,11-12H2. The molecule has 5 heteroatoms. The Morgan fingerprint density at radius 2 is 1.84 bits per heavy atom. The van der Waals surface area contributed by atoms with E-state index in [9.17, 15) is 13.9 Å². The number of benzene rings is 2. The summed E-state index contributed by atoms with van der Waals surface area (Å²) < 4.78 is 28.1. The van der Waals surface area contributed by atoms with Crippen molar-refractivity contribution in [2.75, 3.05) is 18.0 Å². The van der Waals surface area contributed by atoms with E-state index >= 15 is 0 Å². The number of nitrogens with zero attached hydrogens (tertiary/aromatic N) is 2. The minimum Gasteiger partial charge on any atom is -0.392 e.